The summed E-state index contributed by atoms with van der Waals surface area (Å²) in [7, 11) is 0. The van der Waals surface area contributed by atoms with Gasteiger partial charge in [0.2, 0.25) is 0 Å². The molecule has 3 nitrogen and oxygen atoms in total. The van der Waals surface area contributed by atoms with Crippen molar-refractivity contribution in [3.8, 4) is 5.75 Å². The average molecular weight is 262 g/mol. The second kappa shape index (κ2) is 6.92. The number of nitrogens with two attached hydrogens (primary N) is 1. The highest BCUT2D eigenvalue weighted by atomic mass is 16.5. The van der Waals surface area contributed by atoms with Crippen LogP contribution in [0.25, 0.3) is 0 Å². The fourth-order valence-electron chi connectivity index (χ4n) is 2.85. The van der Waals surface area contributed by atoms with Crippen LogP contribution in [0.3, 0.4) is 0 Å². The lowest BCUT2D eigenvalue weighted by atomic mass is 10.0. The zero-order chi connectivity index (χ0) is 13.7. The Bertz CT molecular complexity index is 394. The number of hydrogen-bond acceptors (Lipinski definition) is 3. The fraction of sp³-hybridized carbons (Fsp3) is 0.625. The van der Waals surface area contributed by atoms with Crippen molar-refractivity contribution in [3.63, 3.8) is 0 Å². The van der Waals surface area contributed by atoms with Crippen LogP contribution >= 0.6 is 0 Å². The van der Waals surface area contributed by atoms with Crippen LogP contribution in [0.5, 0.6) is 5.75 Å². The van der Waals surface area contributed by atoms with Crippen molar-refractivity contribution >= 4 is 0 Å². The molecule has 2 atom stereocenters. The lowest BCUT2D eigenvalue weighted by molar-refractivity contribution is 0.151. The highest BCUT2D eigenvalue weighted by Crippen LogP contribution is 2.26. The van der Waals surface area contributed by atoms with Gasteiger partial charge in [0.25, 0.3) is 0 Å². The number of hydrogen-bond donors (Lipinski definition) is 1. The number of ether oxygens (including phenoxy) is 1. The van der Waals surface area contributed by atoms with Crippen molar-refractivity contribution in [3.05, 3.63) is 29.8 Å². The van der Waals surface area contributed by atoms with Crippen LogP contribution in [0.2, 0.25) is 0 Å². The summed E-state index contributed by atoms with van der Waals surface area (Å²) in [5, 5.41) is 0. The Morgan fingerprint density at radius 3 is 2.89 bits per heavy atom. The lowest BCUT2D eigenvalue weighted by Gasteiger charge is -2.35. The van der Waals surface area contributed by atoms with Crippen molar-refractivity contribution < 1.29 is 4.74 Å². The smallest absolute Gasteiger partial charge is 0.124 e. The molecule has 1 saturated heterocycles. The lowest BCUT2D eigenvalue weighted by Crippen LogP contribution is -2.41. The maximum absolute atomic E-state index is 6.40. The number of rotatable bonds is 5. The van der Waals surface area contributed by atoms with Gasteiger partial charge in [-0.3, -0.25) is 4.90 Å². The summed E-state index contributed by atoms with van der Waals surface area (Å²) in [5.41, 5.74) is 7.52. The monoisotopic (exact) mass is 262 g/mol. The van der Waals surface area contributed by atoms with Crippen LogP contribution in [0.4, 0.5) is 0 Å². The first-order valence-corrected chi connectivity index (χ1v) is 7.43. The third kappa shape index (κ3) is 3.71. The van der Waals surface area contributed by atoms with E-state index in [9.17, 15) is 0 Å². The minimum absolute atomic E-state index is 0.0308. The Hall–Kier alpha value is -1.06. The minimum atomic E-state index is 0.0308. The summed E-state index contributed by atoms with van der Waals surface area (Å²) in [5.74, 6) is 0.933. The molecule has 0 aliphatic carbocycles. The van der Waals surface area contributed by atoms with Crippen molar-refractivity contribution in [1.29, 1.82) is 0 Å². The van der Waals surface area contributed by atoms with Crippen LogP contribution < -0.4 is 10.5 Å². The van der Waals surface area contributed by atoms with Gasteiger partial charge in [-0.2, -0.15) is 0 Å². The number of benzene rings is 1. The maximum atomic E-state index is 6.40. The SMILES string of the molecule is CCOc1ccccc1C(N)CN1CCCCC1C. The molecule has 0 spiro atoms. The first-order valence-electron chi connectivity index (χ1n) is 7.43. The molecule has 0 bridgehead atoms. The van der Waals surface area contributed by atoms with Crippen LogP contribution in [-0.2, 0) is 0 Å². The molecule has 1 aromatic carbocycles. The highest BCUT2D eigenvalue weighted by Gasteiger charge is 2.22. The van der Waals surface area contributed by atoms with Gasteiger partial charge in [0.15, 0.2) is 0 Å². The molecule has 2 rings (SSSR count). The number of piperidine rings is 1. The molecule has 106 valence electrons. The summed E-state index contributed by atoms with van der Waals surface area (Å²) in [6.45, 7) is 7.09. The Morgan fingerprint density at radius 1 is 1.37 bits per heavy atom. The van der Waals surface area contributed by atoms with Gasteiger partial charge in [0, 0.05) is 24.2 Å². The van der Waals surface area contributed by atoms with Crippen LogP contribution in [0, 0.1) is 0 Å². The van der Waals surface area contributed by atoms with E-state index in [2.05, 4.69) is 17.9 Å². The average Bonchev–Trinajstić information content (AvgIpc) is 2.42. The quantitative estimate of drug-likeness (QED) is 0.886. The summed E-state index contributed by atoms with van der Waals surface area (Å²) in [6, 6.07) is 8.83. The van der Waals surface area contributed by atoms with E-state index in [-0.39, 0.29) is 6.04 Å². The molecule has 19 heavy (non-hydrogen) atoms. The van der Waals surface area contributed by atoms with Gasteiger partial charge in [-0.15, -0.1) is 0 Å². The van der Waals surface area contributed by atoms with Gasteiger partial charge in [-0.1, -0.05) is 24.6 Å². The van der Waals surface area contributed by atoms with E-state index < -0.39 is 0 Å². The molecule has 1 fully saturated rings. The van der Waals surface area contributed by atoms with Gasteiger partial charge in [0.05, 0.1) is 6.61 Å². The first-order chi connectivity index (χ1) is 9.22. The van der Waals surface area contributed by atoms with Gasteiger partial charge >= 0.3 is 0 Å². The largest absolute Gasteiger partial charge is 0.494 e. The topological polar surface area (TPSA) is 38.5 Å². The van der Waals surface area contributed by atoms with E-state index in [1.54, 1.807) is 0 Å². The number of para-hydroxylation sites is 1. The van der Waals surface area contributed by atoms with Gasteiger partial charge in [-0.05, 0) is 39.3 Å². The third-order valence-corrected chi connectivity index (χ3v) is 3.99. The van der Waals surface area contributed by atoms with E-state index in [4.69, 9.17) is 10.5 Å². The Labute approximate surface area is 116 Å². The van der Waals surface area contributed by atoms with Crippen molar-refractivity contribution in [2.24, 2.45) is 5.73 Å². The molecule has 1 heterocycles. The standard InChI is InChI=1S/C16H26N2O/c1-3-19-16-10-5-4-9-14(16)15(17)12-18-11-7-6-8-13(18)2/h4-5,9-10,13,15H,3,6-8,11-12,17H2,1-2H3. The van der Waals surface area contributed by atoms with Crippen LogP contribution in [-0.4, -0.2) is 30.6 Å². The van der Waals surface area contributed by atoms with Crippen molar-refractivity contribution in [2.75, 3.05) is 19.7 Å². The minimum Gasteiger partial charge on any atom is -0.494 e. The van der Waals surface area contributed by atoms with Crippen molar-refractivity contribution in [1.82, 2.24) is 4.90 Å². The maximum Gasteiger partial charge on any atom is 0.124 e. The van der Waals surface area contributed by atoms with E-state index in [0.29, 0.717) is 12.6 Å². The zero-order valence-corrected chi connectivity index (χ0v) is 12.1. The zero-order valence-electron chi connectivity index (χ0n) is 12.1. The molecule has 1 aromatic rings. The Kier molecular flexibility index (Phi) is 5.23. The molecule has 1 aliphatic rings. The Balaban J connectivity index is 2.04. The van der Waals surface area contributed by atoms with E-state index in [0.717, 1.165) is 17.9 Å². The van der Waals surface area contributed by atoms with E-state index in [1.807, 2.05) is 25.1 Å². The van der Waals surface area contributed by atoms with Gasteiger partial charge in [-0.25, -0.2) is 0 Å². The van der Waals surface area contributed by atoms with Crippen LogP contribution in [0.1, 0.15) is 44.7 Å². The number of nitrogens with zero attached hydrogens (tertiary/aromatic N) is 1. The molecule has 0 amide bonds. The summed E-state index contributed by atoms with van der Waals surface area (Å²) in [4.78, 5) is 2.51. The first kappa shape index (κ1) is 14.4. The molecular formula is C16H26N2O. The van der Waals surface area contributed by atoms with Gasteiger partial charge < -0.3 is 10.5 Å². The Morgan fingerprint density at radius 2 is 2.16 bits per heavy atom. The summed E-state index contributed by atoms with van der Waals surface area (Å²) >= 11 is 0. The molecule has 2 N–H and O–H groups in total. The van der Waals surface area contributed by atoms with Gasteiger partial charge in [0.1, 0.15) is 5.75 Å². The molecule has 0 aromatic heterocycles. The molecule has 3 heteroatoms. The molecule has 0 saturated carbocycles. The second-order valence-corrected chi connectivity index (χ2v) is 5.42. The fourth-order valence-corrected chi connectivity index (χ4v) is 2.85. The molecule has 1 aliphatic heterocycles. The van der Waals surface area contributed by atoms with E-state index >= 15 is 0 Å². The predicted molar refractivity (Wildman–Crippen MR) is 79.4 cm³/mol. The third-order valence-electron chi connectivity index (χ3n) is 3.99. The molecule has 0 radical (unpaired) electrons. The second-order valence-electron chi connectivity index (χ2n) is 5.42. The molecule has 2 unspecified atom stereocenters. The normalized spacial score (nSPS) is 22.2. The molecular weight excluding hydrogens is 236 g/mol. The summed E-state index contributed by atoms with van der Waals surface area (Å²) < 4.78 is 5.68. The van der Waals surface area contributed by atoms with E-state index in [1.165, 1.54) is 25.8 Å². The highest BCUT2D eigenvalue weighted by molar-refractivity contribution is 5.36. The van der Waals surface area contributed by atoms with Crippen LogP contribution in [0.15, 0.2) is 24.3 Å². The predicted octanol–water partition coefficient (Wildman–Crippen LogP) is 2.96. The summed E-state index contributed by atoms with van der Waals surface area (Å²) in [6.07, 6.45) is 3.94. The van der Waals surface area contributed by atoms with Crippen molar-refractivity contribution in [2.45, 2.75) is 45.2 Å². The number of likely N-dealkylation sites (tertiary alicyclic amines) is 1.